The number of Topliss-reactive ketones (excluding diaryl/α,β-unsaturated/α-hetero) is 1. The lowest BCUT2D eigenvalue weighted by atomic mass is 10.0. The van der Waals surface area contributed by atoms with Crippen LogP contribution in [0.2, 0.25) is 0 Å². The zero-order chi connectivity index (χ0) is 10.6. The monoisotopic (exact) mass is 189 g/mol. The van der Waals surface area contributed by atoms with Crippen molar-refractivity contribution in [1.82, 2.24) is 4.98 Å². The summed E-state index contributed by atoms with van der Waals surface area (Å²) in [5.74, 6) is 0.113. The molecule has 0 aliphatic heterocycles. The van der Waals surface area contributed by atoms with Crippen LogP contribution in [-0.4, -0.2) is 10.8 Å². The minimum absolute atomic E-state index is 0.113. The van der Waals surface area contributed by atoms with Crippen molar-refractivity contribution in [1.29, 1.82) is 0 Å². The number of aryl methyl sites for hydroxylation is 1. The first-order valence-corrected chi connectivity index (χ1v) is 4.76. The van der Waals surface area contributed by atoms with Crippen molar-refractivity contribution in [2.45, 2.75) is 26.7 Å². The van der Waals surface area contributed by atoms with Gasteiger partial charge in [-0.15, -0.1) is 0 Å². The van der Waals surface area contributed by atoms with Gasteiger partial charge in [0.05, 0.1) is 0 Å². The van der Waals surface area contributed by atoms with Gasteiger partial charge in [0.25, 0.3) is 0 Å². The SMILES string of the molecule is C=C(CC)CC(=O)c1cccnc1C. The quantitative estimate of drug-likeness (QED) is 0.538. The van der Waals surface area contributed by atoms with Gasteiger partial charge in [-0.05, 0) is 25.5 Å². The summed E-state index contributed by atoms with van der Waals surface area (Å²) in [6, 6.07) is 3.60. The third-order valence-electron chi connectivity index (χ3n) is 2.22. The zero-order valence-corrected chi connectivity index (χ0v) is 8.71. The van der Waals surface area contributed by atoms with E-state index in [2.05, 4.69) is 11.6 Å². The van der Waals surface area contributed by atoms with Gasteiger partial charge in [0.1, 0.15) is 0 Å². The van der Waals surface area contributed by atoms with Crippen LogP contribution in [0.25, 0.3) is 0 Å². The smallest absolute Gasteiger partial charge is 0.168 e. The van der Waals surface area contributed by atoms with E-state index in [0.29, 0.717) is 12.0 Å². The van der Waals surface area contributed by atoms with Crippen LogP contribution in [0.4, 0.5) is 0 Å². The summed E-state index contributed by atoms with van der Waals surface area (Å²) in [6.45, 7) is 7.68. The average molecular weight is 189 g/mol. The first-order valence-electron chi connectivity index (χ1n) is 4.76. The molecule has 0 spiro atoms. The molecular formula is C12H15NO. The molecule has 0 radical (unpaired) electrons. The number of nitrogens with zero attached hydrogens (tertiary/aromatic N) is 1. The highest BCUT2D eigenvalue weighted by molar-refractivity contribution is 5.98. The third-order valence-corrected chi connectivity index (χ3v) is 2.22. The minimum Gasteiger partial charge on any atom is -0.294 e. The summed E-state index contributed by atoms with van der Waals surface area (Å²) in [5.41, 5.74) is 2.47. The average Bonchev–Trinajstić information content (AvgIpc) is 2.18. The number of hydrogen-bond donors (Lipinski definition) is 0. The maximum Gasteiger partial charge on any atom is 0.168 e. The maximum atomic E-state index is 11.7. The van der Waals surface area contributed by atoms with Gasteiger partial charge in [0, 0.05) is 23.9 Å². The van der Waals surface area contributed by atoms with E-state index in [1.54, 1.807) is 12.3 Å². The maximum absolute atomic E-state index is 11.7. The van der Waals surface area contributed by atoms with E-state index in [1.807, 2.05) is 19.9 Å². The summed E-state index contributed by atoms with van der Waals surface area (Å²) in [5, 5.41) is 0. The molecule has 0 saturated heterocycles. The van der Waals surface area contributed by atoms with Gasteiger partial charge in [0.2, 0.25) is 0 Å². The molecule has 14 heavy (non-hydrogen) atoms. The van der Waals surface area contributed by atoms with Crippen molar-refractivity contribution < 1.29 is 4.79 Å². The van der Waals surface area contributed by atoms with E-state index in [0.717, 1.165) is 17.7 Å². The Hall–Kier alpha value is -1.44. The standard InChI is InChI=1S/C12H15NO/c1-4-9(2)8-12(14)11-6-5-7-13-10(11)3/h5-7H,2,4,8H2,1,3H3. The van der Waals surface area contributed by atoms with Gasteiger partial charge in [-0.25, -0.2) is 0 Å². The second-order valence-electron chi connectivity index (χ2n) is 3.34. The van der Waals surface area contributed by atoms with Gasteiger partial charge < -0.3 is 0 Å². The lowest BCUT2D eigenvalue weighted by Crippen LogP contribution is -2.03. The van der Waals surface area contributed by atoms with E-state index < -0.39 is 0 Å². The first kappa shape index (κ1) is 10.6. The molecule has 1 heterocycles. The molecule has 0 aromatic carbocycles. The number of pyridine rings is 1. The van der Waals surface area contributed by atoms with Crippen LogP contribution >= 0.6 is 0 Å². The second kappa shape index (κ2) is 4.70. The van der Waals surface area contributed by atoms with E-state index in [1.165, 1.54) is 0 Å². The number of carbonyl (C=O) groups is 1. The predicted molar refractivity (Wildman–Crippen MR) is 57.4 cm³/mol. The Morgan fingerprint density at radius 3 is 2.86 bits per heavy atom. The normalized spacial score (nSPS) is 9.86. The Morgan fingerprint density at radius 1 is 1.57 bits per heavy atom. The van der Waals surface area contributed by atoms with E-state index in [4.69, 9.17) is 0 Å². The molecule has 1 aromatic rings. The van der Waals surface area contributed by atoms with Crippen LogP contribution in [0.5, 0.6) is 0 Å². The Bertz CT molecular complexity index is 355. The molecule has 0 N–H and O–H groups in total. The van der Waals surface area contributed by atoms with Gasteiger partial charge in [-0.1, -0.05) is 19.1 Å². The van der Waals surface area contributed by atoms with Gasteiger partial charge in [-0.3, -0.25) is 9.78 Å². The molecule has 2 nitrogen and oxygen atoms in total. The number of allylic oxidation sites excluding steroid dienone is 1. The Kier molecular flexibility index (Phi) is 3.57. The van der Waals surface area contributed by atoms with Crippen molar-refractivity contribution in [2.24, 2.45) is 0 Å². The van der Waals surface area contributed by atoms with Crippen molar-refractivity contribution in [3.63, 3.8) is 0 Å². The zero-order valence-electron chi connectivity index (χ0n) is 8.71. The lowest BCUT2D eigenvalue weighted by molar-refractivity contribution is 0.0991. The molecule has 0 aliphatic rings. The molecule has 2 heteroatoms. The molecule has 1 aromatic heterocycles. The van der Waals surface area contributed by atoms with Crippen LogP contribution in [0.15, 0.2) is 30.5 Å². The number of carbonyl (C=O) groups excluding carboxylic acids is 1. The predicted octanol–water partition coefficient (Wildman–Crippen LogP) is 2.93. The summed E-state index contributed by atoms with van der Waals surface area (Å²) >= 11 is 0. The number of ketones is 1. The molecule has 0 aliphatic carbocycles. The van der Waals surface area contributed by atoms with Crippen molar-refractivity contribution in [2.75, 3.05) is 0 Å². The molecular weight excluding hydrogens is 174 g/mol. The lowest BCUT2D eigenvalue weighted by Gasteiger charge is -2.04. The minimum atomic E-state index is 0.113. The molecule has 0 atom stereocenters. The van der Waals surface area contributed by atoms with Crippen LogP contribution in [0.1, 0.15) is 35.8 Å². The highest BCUT2D eigenvalue weighted by atomic mass is 16.1. The number of hydrogen-bond acceptors (Lipinski definition) is 2. The summed E-state index contributed by atoms with van der Waals surface area (Å²) in [6.07, 6.45) is 2.98. The topological polar surface area (TPSA) is 30.0 Å². The highest BCUT2D eigenvalue weighted by Gasteiger charge is 2.09. The number of rotatable bonds is 4. The van der Waals surface area contributed by atoms with Crippen molar-refractivity contribution in [3.8, 4) is 0 Å². The highest BCUT2D eigenvalue weighted by Crippen LogP contribution is 2.12. The number of aromatic nitrogens is 1. The van der Waals surface area contributed by atoms with Crippen molar-refractivity contribution in [3.05, 3.63) is 41.7 Å². The van der Waals surface area contributed by atoms with Crippen molar-refractivity contribution >= 4 is 5.78 Å². The van der Waals surface area contributed by atoms with Gasteiger partial charge in [0.15, 0.2) is 5.78 Å². The first-order chi connectivity index (χ1) is 6.65. The largest absolute Gasteiger partial charge is 0.294 e. The van der Waals surface area contributed by atoms with E-state index >= 15 is 0 Å². The third kappa shape index (κ3) is 2.52. The van der Waals surface area contributed by atoms with E-state index in [-0.39, 0.29) is 5.78 Å². The van der Waals surface area contributed by atoms with E-state index in [9.17, 15) is 4.79 Å². The summed E-state index contributed by atoms with van der Waals surface area (Å²) in [7, 11) is 0. The molecule has 1 rings (SSSR count). The fourth-order valence-corrected chi connectivity index (χ4v) is 1.23. The van der Waals surface area contributed by atoms with Gasteiger partial charge >= 0.3 is 0 Å². The Balaban J connectivity index is 2.80. The van der Waals surface area contributed by atoms with Gasteiger partial charge in [-0.2, -0.15) is 0 Å². The molecule has 0 bridgehead atoms. The van der Waals surface area contributed by atoms with Crippen LogP contribution < -0.4 is 0 Å². The Labute approximate surface area is 84.7 Å². The van der Waals surface area contributed by atoms with Crippen LogP contribution in [0, 0.1) is 6.92 Å². The molecule has 74 valence electrons. The molecule has 0 unspecified atom stereocenters. The fourth-order valence-electron chi connectivity index (χ4n) is 1.23. The second-order valence-corrected chi connectivity index (χ2v) is 3.34. The van der Waals surface area contributed by atoms with Crippen LogP contribution in [-0.2, 0) is 0 Å². The fraction of sp³-hybridized carbons (Fsp3) is 0.333. The molecule has 0 amide bonds. The summed E-state index contributed by atoms with van der Waals surface area (Å²) in [4.78, 5) is 15.8. The molecule has 0 saturated carbocycles. The summed E-state index contributed by atoms with van der Waals surface area (Å²) < 4.78 is 0. The Morgan fingerprint density at radius 2 is 2.29 bits per heavy atom. The molecule has 0 fully saturated rings. The van der Waals surface area contributed by atoms with Crippen LogP contribution in [0.3, 0.4) is 0 Å².